The van der Waals surface area contributed by atoms with E-state index < -0.39 is 0 Å². The molecule has 3 heterocycles. The third kappa shape index (κ3) is 2.45. The molecule has 4 atom stereocenters. The Morgan fingerprint density at radius 1 is 1.24 bits per heavy atom. The van der Waals surface area contributed by atoms with Gasteiger partial charge in [0.25, 0.3) is 0 Å². The topological polar surface area (TPSA) is 53.7 Å². The maximum atomic E-state index is 6.56. The van der Waals surface area contributed by atoms with Crippen molar-refractivity contribution in [3.05, 3.63) is 29.8 Å². The van der Waals surface area contributed by atoms with Gasteiger partial charge in [-0.3, -0.25) is 0 Å². The van der Waals surface area contributed by atoms with Crippen LogP contribution >= 0.6 is 0 Å². The molecule has 0 aliphatic carbocycles. The van der Waals surface area contributed by atoms with Gasteiger partial charge in [-0.2, -0.15) is 0 Å². The predicted octanol–water partition coefficient (Wildman–Crippen LogP) is 1.90. The molecule has 0 saturated carbocycles. The standard InChI is InChI=1S/C17H23NO3/c18-16(15-9-12-3-1-2-4-14(12)21-15)13-5-7-20-17(10-13)6-8-19-11-17/h1-4,13,15-16H,5-11,18H2. The van der Waals surface area contributed by atoms with Crippen LogP contribution in [0.1, 0.15) is 24.8 Å². The van der Waals surface area contributed by atoms with Crippen molar-refractivity contribution in [1.29, 1.82) is 0 Å². The van der Waals surface area contributed by atoms with Crippen LogP contribution in [0.2, 0.25) is 0 Å². The second-order valence-corrected chi connectivity index (χ2v) is 6.63. The predicted molar refractivity (Wildman–Crippen MR) is 79.4 cm³/mol. The van der Waals surface area contributed by atoms with Crippen molar-refractivity contribution in [3.8, 4) is 5.75 Å². The van der Waals surface area contributed by atoms with E-state index in [1.807, 2.05) is 12.1 Å². The van der Waals surface area contributed by atoms with Crippen molar-refractivity contribution in [2.75, 3.05) is 19.8 Å². The highest BCUT2D eigenvalue weighted by atomic mass is 16.6. The van der Waals surface area contributed by atoms with Gasteiger partial charge in [0, 0.05) is 32.1 Å². The van der Waals surface area contributed by atoms with E-state index in [-0.39, 0.29) is 17.7 Å². The van der Waals surface area contributed by atoms with Gasteiger partial charge < -0.3 is 19.9 Å². The van der Waals surface area contributed by atoms with E-state index in [0.29, 0.717) is 5.92 Å². The molecule has 0 amide bonds. The van der Waals surface area contributed by atoms with Crippen molar-refractivity contribution >= 4 is 0 Å². The Balaban J connectivity index is 1.45. The molecule has 1 aromatic rings. The molecule has 4 heteroatoms. The number of hydrogen-bond donors (Lipinski definition) is 1. The zero-order chi connectivity index (χ0) is 14.3. The summed E-state index contributed by atoms with van der Waals surface area (Å²) < 4.78 is 17.6. The van der Waals surface area contributed by atoms with E-state index in [1.165, 1.54) is 5.56 Å². The van der Waals surface area contributed by atoms with Gasteiger partial charge in [-0.05, 0) is 30.4 Å². The molecule has 114 valence electrons. The maximum Gasteiger partial charge on any atom is 0.123 e. The molecule has 0 bridgehead atoms. The first-order valence-electron chi connectivity index (χ1n) is 7.98. The second kappa shape index (κ2) is 5.27. The van der Waals surface area contributed by atoms with Crippen LogP contribution in [0, 0.1) is 5.92 Å². The van der Waals surface area contributed by atoms with Crippen LogP contribution in [0.25, 0.3) is 0 Å². The van der Waals surface area contributed by atoms with Crippen molar-refractivity contribution in [2.45, 2.75) is 43.4 Å². The normalized spacial score (nSPS) is 36.4. The summed E-state index contributed by atoms with van der Waals surface area (Å²) >= 11 is 0. The lowest BCUT2D eigenvalue weighted by molar-refractivity contribution is -0.105. The summed E-state index contributed by atoms with van der Waals surface area (Å²) in [6.45, 7) is 2.33. The van der Waals surface area contributed by atoms with Gasteiger partial charge in [0.05, 0.1) is 12.2 Å². The molecular formula is C17H23NO3. The monoisotopic (exact) mass is 289 g/mol. The van der Waals surface area contributed by atoms with Gasteiger partial charge in [-0.1, -0.05) is 18.2 Å². The fourth-order valence-electron chi connectivity index (χ4n) is 3.98. The Morgan fingerprint density at radius 2 is 2.14 bits per heavy atom. The van der Waals surface area contributed by atoms with Crippen molar-refractivity contribution in [2.24, 2.45) is 11.7 Å². The van der Waals surface area contributed by atoms with Crippen molar-refractivity contribution < 1.29 is 14.2 Å². The van der Waals surface area contributed by atoms with E-state index in [4.69, 9.17) is 19.9 Å². The summed E-state index contributed by atoms with van der Waals surface area (Å²) in [4.78, 5) is 0. The average Bonchev–Trinajstić information content (AvgIpc) is 3.13. The summed E-state index contributed by atoms with van der Waals surface area (Å²) in [5.41, 5.74) is 7.77. The van der Waals surface area contributed by atoms with Crippen LogP contribution in [0.4, 0.5) is 0 Å². The minimum atomic E-state index is -0.0774. The Labute approximate surface area is 125 Å². The minimum Gasteiger partial charge on any atom is -0.488 e. The molecule has 1 aromatic carbocycles. The molecule has 1 spiro atoms. The Kier molecular flexibility index (Phi) is 3.40. The summed E-state index contributed by atoms with van der Waals surface area (Å²) in [7, 11) is 0. The van der Waals surface area contributed by atoms with Gasteiger partial charge in [0.2, 0.25) is 0 Å². The molecule has 2 fully saturated rings. The van der Waals surface area contributed by atoms with E-state index >= 15 is 0 Å². The zero-order valence-corrected chi connectivity index (χ0v) is 12.3. The van der Waals surface area contributed by atoms with Crippen LogP contribution in [0.3, 0.4) is 0 Å². The van der Waals surface area contributed by atoms with Crippen LogP contribution in [-0.2, 0) is 15.9 Å². The SMILES string of the molecule is NC(C1CCOC2(CCOC2)C1)C1Cc2ccccc2O1. The lowest BCUT2D eigenvalue weighted by atomic mass is 9.79. The number of hydrogen-bond acceptors (Lipinski definition) is 4. The first-order valence-corrected chi connectivity index (χ1v) is 7.98. The Bertz CT molecular complexity index is 488. The Morgan fingerprint density at radius 3 is 2.95 bits per heavy atom. The molecule has 21 heavy (non-hydrogen) atoms. The summed E-state index contributed by atoms with van der Waals surface area (Å²) in [6, 6.07) is 8.33. The van der Waals surface area contributed by atoms with Gasteiger partial charge >= 0.3 is 0 Å². The van der Waals surface area contributed by atoms with Crippen LogP contribution in [0.5, 0.6) is 5.75 Å². The zero-order valence-electron chi connectivity index (χ0n) is 12.3. The van der Waals surface area contributed by atoms with Crippen molar-refractivity contribution in [3.63, 3.8) is 0 Å². The molecule has 3 aliphatic heterocycles. The molecule has 4 unspecified atom stereocenters. The largest absolute Gasteiger partial charge is 0.488 e. The summed E-state index contributed by atoms with van der Waals surface area (Å²) in [5.74, 6) is 1.46. The molecule has 4 rings (SSSR count). The van der Waals surface area contributed by atoms with E-state index in [0.717, 1.165) is 51.3 Å². The molecular weight excluding hydrogens is 266 g/mol. The number of nitrogens with two attached hydrogens (primary N) is 1. The summed E-state index contributed by atoms with van der Waals surface area (Å²) in [5, 5.41) is 0. The Hall–Kier alpha value is -1.10. The number of para-hydroxylation sites is 1. The number of ether oxygens (including phenoxy) is 3. The van der Waals surface area contributed by atoms with Crippen LogP contribution < -0.4 is 10.5 Å². The molecule has 2 N–H and O–H groups in total. The number of benzene rings is 1. The first kappa shape index (κ1) is 13.6. The third-order valence-corrected chi connectivity index (χ3v) is 5.24. The highest BCUT2D eigenvalue weighted by Crippen LogP contribution is 2.39. The first-order chi connectivity index (χ1) is 10.3. The summed E-state index contributed by atoms with van der Waals surface area (Å²) in [6.07, 6.45) is 4.06. The molecule has 4 nitrogen and oxygen atoms in total. The second-order valence-electron chi connectivity index (χ2n) is 6.63. The molecule has 0 radical (unpaired) electrons. The average molecular weight is 289 g/mol. The number of fused-ring (bicyclic) bond motifs is 1. The van der Waals surface area contributed by atoms with Gasteiger partial charge in [0.15, 0.2) is 0 Å². The minimum absolute atomic E-state index is 0.0683. The highest BCUT2D eigenvalue weighted by Gasteiger charge is 2.44. The number of rotatable bonds is 2. The molecule has 2 saturated heterocycles. The quantitative estimate of drug-likeness (QED) is 0.903. The molecule has 3 aliphatic rings. The van der Waals surface area contributed by atoms with E-state index in [1.54, 1.807) is 0 Å². The van der Waals surface area contributed by atoms with Crippen LogP contribution in [0.15, 0.2) is 24.3 Å². The fraction of sp³-hybridized carbons (Fsp3) is 0.647. The highest BCUT2D eigenvalue weighted by molar-refractivity contribution is 5.37. The smallest absolute Gasteiger partial charge is 0.123 e. The lowest BCUT2D eigenvalue weighted by Gasteiger charge is -2.40. The third-order valence-electron chi connectivity index (χ3n) is 5.24. The van der Waals surface area contributed by atoms with E-state index in [9.17, 15) is 0 Å². The maximum absolute atomic E-state index is 6.56. The van der Waals surface area contributed by atoms with Gasteiger partial charge in [0.1, 0.15) is 11.9 Å². The van der Waals surface area contributed by atoms with Gasteiger partial charge in [-0.15, -0.1) is 0 Å². The fourth-order valence-corrected chi connectivity index (χ4v) is 3.98. The van der Waals surface area contributed by atoms with Gasteiger partial charge in [-0.25, -0.2) is 0 Å². The molecule has 0 aromatic heterocycles. The van der Waals surface area contributed by atoms with Crippen molar-refractivity contribution in [1.82, 2.24) is 0 Å². The van der Waals surface area contributed by atoms with E-state index in [2.05, 4.69) is 12.1 Å². The van der Waals surface area contributed by atoms with Crippen LogP contribution in [-0.4, -0.2) is 37.6 Å². The lowest BCUT2D eigenvalue weighted by Crippen LogP contribution is -2.51.